The fraction of sp³-hybridized carbons (Fsp3) is 0.312. The second-order valence-corrected chi connectivity index (χ2v) is 4.70. The van der Waals surface area contributed by atoms with Gasteiger partial charge in [0, 0.05) is 17.6 Å². The van der Waals surface area contributed by atoms with Gasteiger partial charge >= 0.3 is 5.97 Å². The van der Waals surface area contributed by atoms with Crippen LogP contribution in [0.25, 0.3) is 0 Å². The van der Waals surface area contributed by atoms with Gasteiger partial charge in [-0.05, 0) is 38.1 Å². The summed E-state index contributed by atoms with van der Waals surface area (Å²) in [6, 6.07) is 7.23. The van der Waals surface area contributed by atoms with Crippen LogP contribution >= 0.6 is 0 Å². The fourth-order valence-electron chi connectivity index (χ4n) is 2.09. The van der Waals surface area contributed by atoms with Gasteiger partial charge in [-0.1, -0.05) is 0 Å². The van der Waals surface area contributed by atoms with E-state index in [2.05, 4.69) is 10.3 Å². The van der Waals surface area contributed by atoms with Gasteiger partial charge in [-0.3, -0.25) is 14.6 Å². The first-order valence-electron chi connectivity index (χ1n) is 6.93. The Morgan fingerprint density at radius 1 is 1.36 bits per heavy atom. The number of allylic oxidation sites excluding steroid dienone is 1. The quantitative estimate of drug-likeness (QED) is 0.512. The van der Waals surface area contributed by atoms with Gasteiger partial charge in [-0.2, -0.15) is 0 Å². The number of Topliss-reactive ketones (excluding diaryl/α,β-unsaturated/α-hetero) is 1. The van der Waals surface area contributed by atoms with E-state index in [4.69, 9.17) is 9.47 Å². The molecule has 1 heterocycles. The normalized spacial score (nSPS) is 19.0. The van der Waals surface area contributed by atoms with Gasteiger partial charge < -0.3 is 14.8 Å². The molecule has 0 radical (unpaired) electrons. The highest BCUT2D eigenvalue weighted by Gasteiger charge is 2.38. The number of carbonyl (C=O) groups is 2. The third-order valence-corrected chi connectivity index (χ3v) is 3.22. The lowest BCUT2D eigenvalue weighted by Gasteiger charge is -2.07. The molecule has 1 unspecified atom stereocenters. The molecule has 1 atom stereocenters. The molecule has 1 aromatic carbocycles. The van der Waals surface area contributed by atoms with Crippen LogP contribution in [0.2, 0.25) is 0 Å². The van der Waals surface area contributed by atoms with Crippen molar-refractivity contribution in [2.24, 2.45) is 10.9 Å². The molecule has 0 fully saturated rings. The van der Waals surface area contributed by atoms with Crippen LogP contribution < -0.4 is 10.1 Å². The van der Waals surface area contributed by atoms with Crippen LogP contribution in [0.3, 0.4) is 0 Å². The first-order valence-corrected chi connectivity index (χ1v) is 6.93. The Hall–Kier alpha value is -2.63. The Bertz CT molecular complexity index is 632. The summed E-state index contributed by atoms with van der Waals surface area (Å²) in [6.07, 6.45) is 1.49. The van der Waals surface area contributed by atoms with Crippen LogP contribution in [0.15, 0.2) is 41.2 Å². The van der Waals surface area contributed by atoms with Crippen molar-refractivity contribution >= 4 is 23.2 Å². The highest BCUT2D eigenvalue weighted by Crippen LogP contribution is 2.22. The van der Waals surface area contributed by atoms with Crippen molar-refractivity contribution in [3.8, 4) is 5.75 Å². The van der Waals surface area contributed by atoms with Crippen molar-refractivity contribution in [2.75, 3.05) is 19.0 Å². The summed E-state index contributed by atoms with van der Waals surface area (Å²) < 4.78 is 9.97. The van der Waals surface area contributed by atoms with Crippen molar-refractivity contribution in [1.82, 2.24) is 0 Å². The van der Waals surface area contributed by atoms with Crippen molar-refractivity contribution in [3.63, 3.8) is 0 Å². The summed E-state index contributed by atoms with van der Waals surface area (Å²) in [4.78, 5) is 28.1. The lowest BCUT2D eigenvalue weighted by Crippen LogP contribution is -2.28. The molecule has 0 aliphatic carbocycles. The Kier molecular flexibility index (Phi) is 4.93. The van der Waals surface area contributed by atoms with E-state index in [0.29, 0.717) is 5.71 Å². The summed E-state index contributed by atoms with van der Waals surface area (Å²) >= 11 is 0. The summed E-state index contributed by atoms with van der Waals surface area (Å²) in [5.74, 6) is -1.09. The molecule has 22 heavy (non-hydrogen) atoms. The summed E-state index contributed by atoms with van der Waals surface area (Å²) in [5, 5.41) is 2.98. The number of rotatable bonds is 5. The molecule has 0 amide bonds. The lowest BCUT2D eigenvalue weighted by molar-refractivity contribution is -0.147. The monoisotopic (exact) mass is 302 g/mol. The first-order chi connectivity index (χ1) is 10.6. The van der Waals surface area contributed by atoms with Gasteiger partial charge in [0.05, 0.1) is 13.7 Å². The smallest absolute Gasteiger partial charge is 0.322 e. The SMILES string of the molecule is CCOC(=O)C1C(=O)/C(=C\Nc2ccc(OC)cc2)N=C1C. The summed E-state index contributed by atoms with van der Waals surface area (Å²) in [5.41, 5.74) is 1.45. The number of hydrogen-bond acceptors (Lipinski definition) is 6. The van der Waals surface area contributed by atoms with Gasteiger partial charge in [-0.15, -0.1) is 0 Å². The van der Waals surface area contributed by atoms with Crippen molar-refractivity contribution < 1.29 is 19.1 Å². The Balaban J connectivity index is 2.09. The van der Waals surface area contributed by atoms with Crippen molar-refractivity contribution in [1.29, 1.82) is 0 Å². The van der Waals surface area contributed by atoms with Crippen LogP contribution in [-0.2, 0) is 14.3 Å². The number of ether oxygens (including phenoxy) is 2. The van der Waals surface area contributed by atoms with Gasteiger partial charge in [-0.25, -0.2) is 0 Å². The van der Waals surface area contributed by atoms with E-state index >= 15 is 0 Å². The molecule has 0 aromatic heterocycles. The van der Waals surface area contributed by atoms with Gasteiger partial charge in [0.25, 0.3) is 0 Å². The molecule has 1 N–H and O–H groups in total. The third-order valence-electron chi connectivity index (χ3n) is 3.22. The maximum Gasteiger partial charge on any atom is 0.322 e. The molecular formula is C16H18N2O4. The van der Waals surface area contributed by atoms with E-state index in [0.717, 1.165) is 11.4 Å². The van der Waals surface area contributed by atoms with Gasteiger partial charge in [0.15, 0.2) is 5.92 Å². The zero-order valence-electron chi connectivity index (χ0n) is 12.8. The van der Waals surface area contributed by atoms with E-state index in [1.807, 2.05) is 12.1 Å². The number of nitrogens with zero attached hydrogens (tertiary/aromatic N) is 1. The fourth-order valence-corrected chi connectivity index (χ4v) is 2.09. The van der Waals surface area contributed by atoms with Crippen LogP contribution in [0.1, 0.15) is 13.8 Å². The number of nitrogens with one attached hydrogen (secondary N) is 1. The van der Waals surface area contributed by atoms with Crippen molar-refractivity contribution in [2.45, 2.75) is 13.8 Å². The van der Waals surface area contributed by atoms with Crippen LogP contribution in [-0.4, -0.2) is 31.2 Å². The number of methoxy groups -OCH3 is 1. The van der Waals surface area contributed by atoms with E-state index < -0.39 is 11.9 Å². The molecule has 6 heteroatoms. The summed E-state index contributed by atoms with van der Waals surface area (Å²) in [6.45, 7) is 3.58. The minimum absolute atomic E-state index is 0.214. The van der Waals surface area contributed by atoms with Gasteiger partial charge in [0.2, 0.25) is 5.78 Å². The minimum atomic E-state index is -0.927. The molecule has 0 bridgehead atoms. The number of ketones is 1. The third kappa shape index (κ3) is 3.33. The first kappa shape index (κ1) is 15.8. The molecule has 116 valence electrons. The van der Waals surface area contributed by atoms with E-state index in [1.165, 1.54) is 6.20 Å². The summed E-state index contributed by atoms with van der Waals surface area (Å²) in [7, 11) is 1.59. The molecule has 2 rings (SSSR count). The highest BCUT2D eigenvalue weighted by atomic mass is 16.5. The molecule has 6 nitrogen and oxygen atoms in total. The number of carbonyl (C=O) groups excluding carboxylic acids is 2. The zero-order chi connectivity index (χ0) is 16.1. The largest absolute Gasteiger partial charge is 0.497 e. The number of benzene rings is 1. The second kappa shape index (κ2) is 6.89. The second-order valence-electron chi connectivity index (χ2n) is 4.70. The predicted molar refractivity (Wildman–Crippen MR) is 82.9 cm³/mol. The van der Waals surface area contributed by atoms with E-state index in [9.17, 15) is 9.59 Å². The average Bonchev–Trinajstić information content (AvgIpc) is 2.80. The molecular weight excluding hydrogens is 284 g/mol. The molecule has 1 aliphatic heterocycles. The topological polar surface area (TPSA) is 77.0 Å². The maximum absolute atomic E-state index is 12.2. The maximum atomic E-state index is 12.2. The Morgan fingerprint density at radius 3 is 2.64 bits per heavy atom. The van der Waals surface area contributed by atoms with Crippen LogP contribution in [0.4, 0.5) is 5.69 Å². The minimum Gasteiger partial charge on any atom is -0.497 e. The molecule has 0 spiro atoms. The molecule has 1 aliphatic rings. The number of hydrogen-bond donors (Lipinski definition) is 1. The standard InChI is InChI=1S/C16H18N2O4/c1-4-22-16(20)14-10(2)18-13(15(14)19)9-17-11-5-7-12(21-3)8-6-11/h5-9,14,17H,4H2,1-3H3/b13-9+. The Labute approximate surface area is 128 Å². The number of esters is 1. The van der Waals surface area contributed by atoms with E-state index in [1.54, 1.807) is 33.1 Å². The number of aliphatic imine (C=N–C) groups is 1. The van der Waals surface area contributed by atoms with Crippen LogP contribution in [0, 0.1) is 5.92 Å². The van der Waals surface area contributed by atoms with E-state index in [-0.39, 0.29) is 18.1 Å². The van der Waals surface area contributed by atoms with Gasteiger partial charge in [0.1, 0.15) is 11.4 Å². The van der Waals surface area contributed by atoms with Crippen molar-refractivity contribution in [3.05, 3.63) is 36.2 Å². The Morgan fingerprint density at radius 2 is 2.05 bits per heavy atom. The predicted octanol–water partition coefficient (Wildman–Crippen LogP) is 2.17. The highest BCUT2D eigenvalue weighted by molar-refractivity contribution is 6.27. The molecule has 0 saturated heterocycles. The number of anilines is 1. The van der Waals surface area contributed by atoms with Crippen LogP contribution in [0.5, 0.6) is 5.75 Å². The molecule has 1 aromatic rings. The average molecular weight is 302 g/mol. The molecule has 0 saturated carbocycles. The lowest BCUT2D eigenvalue weighted by atomic mass is 10.0. The zero-order valence-corrected chi connectivity index (χ0v) is 12.8.